The molecule has 4 rings (SSSR count). The molecule has 1 aliphatic rings. The number of sulfonamides is 1. The number of carbonyl (C=O) groups excluding carboxylic acids is 1. The summed E-state index contributed by atoms with van der Waals surface area (Å²) >= 11 is 0. The van der Waals surface area contributed by atoms with Gasteiger partial charge in [-0.05, 0) is 43.7 Å². The van der Waals surface area contributed by atoms with Crippen LogP contribution in [0.5, 0.6) is 0 Å². The largest absolute Gasteiger partial charge is 0.516 e. The zero-order valence-electron chi connectivity index (χ0n) is 18.7. The Bertz CT molecular complexity index is 1420. The van der Waals surface area contributed by atoms with Crippen LogP contribution in [0.4, 0.5) is 18.9 Å². The van der Waals surface area contributed by atoms with Gasteiger partial charge in [0, 0.05) is 23.9 Å². The first-order valence-corrected chi connectivity index (χ1v) is 11.7. The van der Waals surface area contributed by atoms with E-state index in [2.05, 4.69) is 15.6 Å². The average molecular weight is 507 g/mol. The van der Waals surface area contributed by atoms with Gasteiger partial charge in [-0.3, -0.25) is 4.79 Å². The van der Waals surface area contributed by atoms with Crippen molar-refractivity contribution in [2.45, 2.75) is 32.5 Å². The molecule has 0 spiro atoms. The van der Waals surface area contributed by atoms with Crippen LogP contribution in [-0.4, -0.2) is 39.8 Å². The minimum atomic E-state index is -5.87. The Morgan fingerprint density at radius 2 is 1.77 bits per heavy atom. The molecule has 0 fully saturated rings. The smallest absolute Gasteiger partial charge is 0.360 e. The van der Waals surface area contributed by atoms with Crippen molar-refractivity contribution in [1.29, 1.82) is 0 Å². The standard InChI is InChI=1S/C22H20F3N5O4S/c1-13-11-17(9-10-18(13)26-15(3)31)29-14(2)12-19(27-29)21-30(35(32,33)22(23,24)25)20(28-34-21)16-7-5-4-6-8-16/h4-12,21H,1-3H3,(H,26,31). The molecule has 9 nitrogen and oxygen atoms in total. The van der Waals surface area contributed by atoms with E-state index in [9.17, 15) is 26.4 Å². The Labute approximate surface area is 198 Å². The second-order valence-corrected chi connectivity index (χ2v) is 9.59. The maximum absolute atomic E-state index is 13.6. The van der Waals surface area contributed by atoms with Crippen LogP contribution in [0.1, 0.15) is 35.7 Å². The average Bonchev–Trinajstić information content (AvgIpc) is 3.39. The fourth-order valence-electron chi connectivity index (χ4n) is 3.58. The molecule has 2 heterocycles. The highest BCUT2D eigenvalue weighted by atomic mass is 32.2. The molecule has 0 aliphatic carbocycles. The van der Waals surface area contributed by atoms with Crippen LogP contribution in [0.15, 0.2) is 59.8 Å². The third-order valence-corrected chi connectivity index (χ3v) is 6.64. The van der Waals surface area contributed by atoms with E-state index in [4.69, 9.17) is 4.84 Å². The van der Waals surface area contributed by atoms with Crippen LogP contribution < -0.4 is 5.32 Å². The summed E-state index contributed by atoms with van der Waals surface area (Å²) in [6.45, 7) is 4.81. The van der Waals surface area contributed by atoms with E-state index in [-0.39, 0.29) is 21.5 Å². The lowest BCUT2D eigenvalue weighted by Crippen LogP contribution is -2.44. The molecule has 2 aromatic carbocycles. The highest BCUT2D eigenvalue weighted by molar-refractivity contribution is 7.90. The number of nitrogens with one attached hydrogen (secondary N) is 1. The number of rotatable bonds is 5. The summed E-state index contributed by atoms with van der Waals surface area (Å²) in [5.41, 5.74) is -3.18. The molecule has 0 saturated carbocycles. The Balaban J connectivity index is 1.75. The predicted octanol–water partition coefficient (Wildman–Crippen LogP) is 3.99. The van der Waals surface area contributed by atoms with Crippen LogP contribution in [0.25, 0.3) is 5.69 Å². The predicted molar refractivity (Wildman–Crippen MR) is 121 cm³/mol. The number of aromatic nitrogens is 2. The summed E-state index contributed by atoms with van der Waals surface area (Å²) in [4.78, 5) is 16.6. The van der Waals surface area contributed by atoms with Gasteiger partial charge in [0.2, 0.25) is 5.91 Å². The van der Waals surface area contributed by atoms with Crippen molar-refractivity contribution in [3.8, 4) is 5.69 Å². The molecule has 1 aromatic heterocycles. The Hall–Kier alpha value is -3.87. The number of oxime groups is 1. The first-order chi connectivity index (χ1) is 16.4. The summed E-state index contributed by atoms with van der Waals surface area (Å²) in [6, 6.07) is 14.0. The number of nitrogens with zero attached hydrogens (tertiary/aromatic N) is 4. The van der Waals surface area contributed by atoms with Gasteiger partial charge in [-0.15, -0.1) is 0 Å². The van der Waals surface area contributed by atoms with Gasteiger partial charge in [-0.25, -0.2) is 4.68 Å². The lowest BCUT2D eigenvalue weighted by atomic mass is 10.1. The van der Waals surface area contributed by atoms with Crippen molar-refractivity contribution in [2.24, 2.45) is 5.16 Å². The van der Waals surface area contributed by atoms with E-state index in [1.54, 1.807) is 38.1 Å². The van der Waals surface area contributed by atoms with E-state index < -0.39 is 27.6 Å². The first-order valence-electron chi connectivity index (χ1n) is 10.3. The maximum Gasteiger partial charge on any atom is 0.516 e. The van der Waals surface area contributed by atoms with Gasteiger partial charge in [-0.1, -0.05) is 35.5 Å². The number of aryl methyl sites for hydroxylation is 2. The van der Waals surface area contributed by atoms with E-state index >= 15 is 0 Å². The molecule has 13 heteroatoms. The van der Waals surface area contributed by atoms with Gasteiger partial charge < -0.3 is 10.2 Å². The molecule has 0 saturated heterocycles. The topological polar surface area (TPSA) is 106 Å². The minimum absolute atomic E-state index is 0.0893. The number of anilines is 1. The third-order valence-electron chi connectivity index (χ3n) is 5.17. The van der Waals surface area contributed by atoms with E-state index in [0.29, 0.717) is 17.1 Å². The highest BCUT2D eigenvalue weighted by Gasteiger charge is 2.56. The van der Waals surface area contributed by atoms with Crippen molar-refractivity contribution >= 4 is 27.5 Å². The third kappa shape index (κ3) is 4.46. The van der Waals surface area contributed by atoms with Crippen LogP contribution in [0, 0.1) is 13.8 Å². The summed E-state index contributed by atoms with van der Waals surface area (Å²) in [5, 5.41) is 10.7. The molecule has 0 radical (unpaired) electrons. The molecule has 1 N–H and O–H groups in total. The molecule has 1 unspecified atom stereocenters. The van der Waals surface area contributed by atoms with E-state index in [1.807, 2.05) is 0 Å². The summed E-state index contributed by atoms with van der Waals surface area (Å²) < 4.78 is 67.3. The number of benzene rings is 2. The molecule has 1 amide bonds. The van der Waals surface area contributed by atoms with Crippen LogP contribution in [-0.2, 0) is 19.7 Å². The van der Waals surface area contributed by atoms with Crippen molar-refractivity contribution < 1.29 is 31.2 Å². The van der Waals surface area contributed by atoms with Crippen molar-refractivity contribution in [2.75, 3.05) is 5.32 Å². The van der Waals surface area contributed by atoms with Crippen LogP contribution in [0.2, 0.25) is 0 Å². The minimum Gasteiger partial charge on any atom is -0.360 e. The number of amidine groups is 1. The molecular weight excluding hydrogens is 487 g/mol. The van der Waals surface area contributed by atoms with Gasteiger partial charge in [0.05, 0.1) is 5.69 Å². The second-order valence-electron chi connectivity index (χ2n) is 7.79. The molecule has 0 bridgehead atoms. The highest BCUT2D eigenvalue weighted by Crippen LogP contribution is 2.39. The fourth-order valence-corrected chi connectivity index (χ4v) is 4.56. The number of amides is 1. The number of hydrogen-bond donors (Lipinski definition) is 1. The number of halogens is 3. The normalized spacial score (nSPS) is 16.1. The van der Waals surface area contributed by atoms with Crippen molar-refractivity contribution in [3.63, 3.8) is 0 Å². The molecule has 3 aromatic rings. The molecule has 1 atom stereocenters. The summed E-state index contributed by atoms with van der Waals surface area (Å²) in [6.07, 6.45) is -1.77. The summed E-state index contributed by atoms with van der Waals surface area (Å²) in [7, 11) is -5.87. The number of hydrogen-bond acceptors (Lipinski definition) is 6. The molecule has 184 valence electrons. The maximum atomic E-state index is 13.6. The van der Waals surface area contributed by atoms with Crippen molar-refractivity contribution in [1.82, 2.24) is 14.1 Å². The second kappa shape index (κ2) is 8.73. The molecule has 35 heavy (non-hydrogen) atoms. The quantitative estimate of drug-likeness (QED) is 0.562. The van der Waals surface area contributed by atoms with Crippen LogP contribution >= 0.6 is 0 Å². The lowest BCUT2D eigenvalue weighted by Gasteiger charge is -2.24. The van der Waals surface area contributed by atoms with Crippen molar-refractivity contribution in [3.05, 3.63) is 77.1 Å². The summed E-state index contributed by atoms with van der Waals surface area (Å²) in [5.74, 6) is -0.743. The van der Waals surface area contributed by atoms with Gasteiger partial charge >= 0.3 is 15.5 Å². The van der Waals surface area contributed by atoms with Gasteiger partial charge in [0.1, 0.15) is 5.69 Å². The Morgan fingerprint density at radius 1 is 1.09 bits per heavy atom. The van der Waals surface area contributed by atoms with E-state index in [1.165, 1.54) is 41.9 Å². The van der Waals surface area contributed by atoms with E-state index in [0.717, 1.165) is 5.56 Å². The van der Waals surface area contributed by atoms with Gasteiger partial charge in [0.25, 0.3) is 6.23 Å². The fraction of sp³-hybridized carbons (Fsp3) is 0.227. The first kappa shape index (κ1) is 24.3. The number of carbonyl (C=O) groups is 1. The Morgan fingerprint density at radius 3 is 2.37 bits per heavy atom. The SMILES string of the molecule is CC(=O)Nc1ccc(-n2nc(C3ON=C(c4ccccc4)N3S(=O)(=O)C(F)(F)F)cc2C)cc1C. The zero-order valence-corrected chi connectivity index (χ0v) is 19.6. The Kier molecular flexibility index (Phi) is 6.05. The zero-order chi connectivity index (χ0) is 25.5. The monoisotopic (exact) mass is 507 g/mol. The molecular formula is C22H20F3N5O4S. The van der Waals surface area contributed by atoms with Gasteiger partial charge in [-0.2, -0.15) is 31.0 Å². The molecule has 1 aliphatic heterocycles. The lowest BCUT2D eigenvalue weighted by molar-refractivity contribution is -0.114. The van der Waals surface area contributed by atoms with Crippen LogP contribution in [0.3, 0.4) is 0 Å². The van der Waals surface area contributed by atoms with Gasteiger partial charge in [0.15, 0.2) is 5.84 Å². The number of alkyl halides is 3.